The molecule has 1 aromatic rings. The highest BCUT2D eigenvalue weighted by atomic mass is 19.1. The third-order valence-electron chi connectivity index (χ3n) is 1.54. The van der Waals surface area contributed by atoms with Gasteiger partial charge in [-0.3, -0.25) is 0 Å². The van der Waals surface area contributed by atoms with Gasteiger partial charge >= 0.3 is 0 Å². The highest BCUT2D eigenvalue weighted by Crippen LogP contribution is 2.31. The van der Waals surface area contributed by atoms with Crippen LogP contribution in [0.5, 0.6) is 5.75 Å². The molecule has 1 heterocycles. The highest BCUT2D eigenvalue weighted by Gasteiger charge is 2.15. The summed E-state index contributed by atoms with van der Waals surface area (Å²) >= 11 is 0. The fourth-order valence-corrected chi connectivity index (χ4v) is 0.923. The van der Waals surface area contributed by atoms with Crippen molar-refractivity contribution >= 4 is 5.69 Å². The first-order valence-electron chi connectivity index (χ1n) is 4.17. The van der Waals surface area contributed by atoms with E-state index in [0.717, 1.165) is 0 Å². The Morgan fingerprint density at radius 2 is 2.00 bits per heavy atom. The van der Waals surface area contributed by atoms with Crippen LogP contribution < -0.4 is 10.4 Å². The van der Waals surface area contributed by atoms with E-state index >= 15 is 0 Å². The molecule has 0 unspecified atom stereocenters. The normalized spacial score (nSPS) is 12.0. The van der Waals surface area contributed by atoms with E-state index < -0.39 is 0 Å². The number of benzene rings is 1. The summed E-state index contributed by atoms with van der Waals surface area (Å²) in [6.45, 7) is 5.68. The van der Waals surface area contributed by atoms with E-state index in [1.165, 1.54) is 6.07 Å². The van der Waals surface area contributed by atoms with Crippen LogP contribution in [-0.2, 0) is 4.99 Å². The van der Waals surface area contributed by atoms with Gasteiger partial charge in [-0.25, -0.2) is 9.87 Å². The van der Waals surface area contributed by atoms with Crippen molar-refractivity contribution in [3.63, 3.8) is 0 Å². The zero-order valence-corrected chi connectivity index (χ0v) is 7.85. The topological polar surface area (TPSA) is 30.5 Å². The van der Waals surface area contributed by atoms with Crippen LogP contribution in [-0.4, -0.2) is 0 Å². The van der Waals surface area contributed by atoms with Gasteiger partial charge in [0.25, 0.3) is 0 Å². The van der Waals surface area contributed by atoms with Gasteiger partial charge in [-0.1, -0.05) is 18.8 Å². The van der Waals surface area contributed by atoms with Crippen LogP contribution >= 0.6 is 0 Å². The summed E-state index contributed by atoms with van der Waals surface area (Å²) in [6, 6.07) is 2.91. The molecule has 1 aliphatic rings. The first-order chi connectivity index (χ1) is 6.27. The molecule has 1 aliphatic heterocycles. The Morgan fingerprint density at radius 1 is 1.31 bits per heavy atom. The molecule has 0 bridgehead atoms. The highest BCUT2D eigenvalue weighted by molar-refractivity contribution is 5.58. The number of nitrogens with one attached hydrogen (secondary N) is 1. The van der Waals surface area contributed by atoms with Crippen LogP contribution in [0.2, 0.25) is 0 Å². The fourth-order valence-electron chi connectivity index (χ4n) is 0.923. The zero-order valence-electron chi connectivity index (χ0n) is 7.85. The largest absolute Gasteiger partial charge is 0.312 e. The number of rotatable bonds is 0. The molecule has 2 rings (SSSR count). The van der Waals surface area contributed by atoms with Gasteiger partial charge in [0.15, 0.2) is 5.75 Å². The molecule has 0 aliphatic carbocycles. The molecular formula is C9H12FNO2. The van der Waals surface area contributed by atoms with Crippen molar-refractivity contribution in [3.8, 4) is 5.75 Å². The third-order valence-corrected chi connectivity index (χ3v) is 1.54. The second-order valence-electron chi connectivity index (χ2n) is 2.37. The minimum Gasteiger partial charge on any atom is -0.312 e. The third kappa shape index (κ3) is 1.89. The van der Waals surface area contributed by atoms with Crippen LogP contribution in [0.15, 0.2) is 12.1 Å². The van der Waals surface area contributed by atoms with E-state index in [0.29, 0.717) is 17.0 Å². The first kappa shape index (κ1) is 9.80. The molecule has 0 saturated carbocycles. The number of hydrogen-bond acceptors (Lipinski definition) is 3. The van der Waals surface area contributed by atoms with Crippen LogP contribution in [0.3, 0.4) is 0 Å². The lowest BCUT2D eigenvalue weighted by molar-refractivity contribution is -0.160. The predicted octanol–water partition coefficient (Wildman–Crippen LogP) is 2.81. The van der Waals surface area contributed by atoms with E-state index in [-0.39, 0.29) is 5.82 Å². The van der Waals surface area contributed by atoms with Gasteiger partial charge in [-0.2, -0.15) is 0 Å². The maximum Gasteiger partial charge on any atom is 0.196 e. The quantitative estimate of drug-likeness (QED) is 0.630. The molecule has 0 aromatic heterocycles. The fraction of sp³-hybridized carbons (Fsp3) is 0.333. The maximum absolute atomic E-state index is 12.8. The molecule has 0 spiro atoms. The molecule has 72 valence electrons. The standard InChI is InChI=1S/C7H6FNO2.C2H6/c1-4-2-6-7(3-5(4)8)10-11-9-6;1-2/h2-3,9H,1H3;1-2H3. The molecule has 0 saturated heterocycles. The molecule has 4 heteroatoms. The van der Waals surface area contributed by atoms with Gasteiger partial charge in [-0.05, 0) is 18.6 Å². The van der Waals surface area contributed by atoms with Crippen LogP contribution in [0.4, 0.5) is 10.1 Å². The second kappa shape index (κ2) is 4.09. The Morgan fingerprint density at radius 3 is 2.69 bits per heavy atom. The summed E-state index contributed by atoms with van der Waals surface area (Å²) in [5, 5.41) is 0. The Bertz CT molecular complexity index is 273. The summed E-state index contributed by atoms with van der Waals surface area (Å²) in [5.74, 6) is 0.0872. The number of fused-ring (bicyclic) bond motifs is 1. The van der Waals surface area contributed by atoms with Crippen molar-refractivity contribution in [3.05, 3.63) is 23.5 Å². The number of hydrogen-bond donors (Lipinski definition) is 1. The summed E-state index contributed by atoms with van der Waals surface area (Å²) < 4.78 is 12.8. The molecule has 13 heavy (non-hydrogen) atoms. The van der Waals surface area contributed by atoms with Gasteiger partial charge < -0.3 is 4.89 Å². The van der Waals surface area contributed by atoms with E-state index in [2.05, 4.69) is 15.4 Å². The average molecular weight is 185 g/mol. The first-order valence-corrected chi connectivity index (χ1v) is 4.17. The van der Waals surface area contributed by atoms with Crippen molar-refractivity contribution in [1.29, 1.82) is 0 Å². The molecule has 0 atom stereocenters. The predicted molar refractivity (Wildman–Crippen MR) is 47.8 cm³/mol. The lowest BCUT2D eigenvalue weighted by Gasteiger charge is -1.96. The Kier molecular flexibility index (Phi) is 3.08. The number of halogens is 1. The molecule has 0 fully saturated rings. The van der Waals surface area contributed by atoms with E-state index in [1.54, 1.807) is 13.0 Å². The summed E-state index contributed by atoms with van der Waals surface area (Å²) in [4.78, 5) is 8.99. The monoisotopic (exact) mass is 185 g/mol. The Hall–Kier alpha value is -1.29. The summed E-state index contributed by atoms with van der Waals surface area (Å²) in [6.07, 6.45) is 0. The lowest BCUT2D eigenvalue weighted by Crippen LogP contribution is -1.91. The van der Waals surface area contributed by atoms with E-state index in [1.807, 2.05) is 13.8 Å². The SMILES string of the molecule is CC.Cc1cc2c(cc1F)OON2. The van der Waals surface area contributed by atoms with E-state index in [4.69, 9.17) is 0 Å². The maximum atomic E-state index is 12.8. The Labute approximate surface area is 76.4 Å². The molecule has 1 aromatic carbocycles. The molecular weight excluding hydrogens is 173 g/mol. The van der Waals surface area contributed by atoms with Gasteiger partial charge in [0.05, 0.1) is 0 Å². The molecule has 0 amide bonds. The molecule has 0 radical (unpaired) electrons. The molecule has 3 nitrogen and oxygen atoms in total. The van der Waals surface area contributed by atoms with Gasteiger partial charge in [0, 0.05) is 6.07 Å². The minimum atomic E-state index is -0.295. The van der Waals surface area contributed by atoms with Gasteiger partial charge in [-0.15, -0.1) is 0 Å². The van der Waals surface area contributed by atoms with Gasteiger partial charge in [0.1, 0.15) is 11.5 Å². The van der Waals surface area contributed by atoms with Crippen molar-refractivity contribution in [2.24, 2.45) is 0 Å². The minimum absolute atomic E-state index is 0.295. The summed E-state index contributed by atoms with van der Waals surface area (Å²) in [7, 11) is 0. The van der Waals surface area contributed by atoms with E-state index in [9.17, 15) is 4.39 Å². The van der Waals surface area contributed by atoms with Crippen molar-refractivity contribution in [1.82, 2.24) is 0 Å². The van der Waals surface area contributed by atoms with Gasteiger partial charge in [0.2, 0.25) is 0 Å². The van der Waals surface area contributed by atoms with Crippen LogP contribution in [0.1, 0.15) is 19.4 Å². The smallest absolute Gasteiger partial charge is 0.196 e. The number of anilines is 1. The van der Waals surface area contributed by atoms with Crippen molar-refractivity contribution in [2.75, 3.05) is 5.48 Å². The summed E-state index contributed by atoms with van der Waals surface area (Å²) in [5.41, 5.74) is 3.70. The van der Waals surface area contributed by atoms with Crippen molar-refractivity contribution < 1.29 is 14.3 Å². The Balaban J connectivity index is 0.000000396. The lowest BCUT2D eigenvalue weighted by atomic mass is 10.2. The second-order valence-corrected chi connectivity index (χ2v) is 2.37. The number of aryl methyl sites for hydroxylation is 1. The van der Waals surface area contributed by atoms with Crippen LogP contribution in [0, 0.1) is 12.7 Å². The average Bonchev–Trinajstić information content (AvgIpc) is 2.56. The van der Waals surface area contributed by atoms with Crippen LogP contribution in [0.25, 0.3) is 0 Å². The van der Waals surface area contributed by atoms with Crippen molar-refractivity contribution in [2.45, 2.75) is 20.8 Å². The molecule has 1 N–H and O–H groups in total. The zero-order chi connectivity index (χ0) is 9.84.